The first-order chi connectivity index (χ1) is 27.7. The smallest absolute Gasteiger partial charge is 0.413 e. The number of aromatic nitrogens is 4. The molecule has 328 valence electrons. The molecule has 1 aliphatic heterocycles. The number of nitrogens with zero attached hydrogens (tertiary/aromatic N) is 5. The van der Waals surface area contributed by atoms with Crippen LogP contribution in [0.4, 0.5) is 14.7 Å². The summed E-state index contributed by atoms with van der Waals surface area (Å²) in [6.07, 6.45) is 2.99. The molecule has 0 radical (unpaired) electrons. The number of esters is 1. The zero-order chi connectivity index (χ0) is 44.8. The molecule has 1 fully saturated rings. The van der Waals surface area contributed by atoms with Gasteiger partial charge < -0.3 is 44.8 Å². The normalized spacial score (nSPS) is 15.9. The van der Waals surface area contributed by atoms with Gasteiger partial charge >= 0.3 is 18.2 Å². The highest BCUT2D eigenvalue weighted by atomic mass is 32.1. The number of thiazole rings is 1. The van der Waals surface area contributed by atoms with Crippen LogP contribution in [-0.4, -0.2) is 104 Å². The highest BCUT2D eigenvalue weighted by Gasteiger charge is 2.42. The molecule has 0 spiro atoms. The summed E-state index contributed by atoms with van der Waals surface area (Å²) in [7, 11) is 1.84. The lowest BCUT2D eigenvalue weighted by atomic mass is 9.98. The summed E-state index contributed by atoms with van der Waals surface area (Å²) in [6.45, 7) is 19.2. The molecule has 5 amide bonds. The molecule has 3 aromatic rings. The fraction of sp³-hybridized carbons (Fsp3) is 0.579. The number of hydrogen-bond acceptors (Lipinski definition) is 15. The number of alkyl carbamates (subject to hydrolysis) is 1. The molecule has 0 saturated carbocycles. The van der Waals surface area contributed by atoms with Gasteiger partial charge in [-0.05, 0) is 82.6 Å². The predicted octanol–water partition coefficient (Wildman–Crippen LogP) is 2.94. The van der Waals surface area contributed by atoms with Gasteiger partial charge in [0.1, 0.15) is 34.2 Å². The number of β-lactam (4-membered cyclic amide) rings is 1. The van der Waals surface area contributed by atoms with E-state index in [9.17, 15) is 28.8 Å². The van der Waals surface area contributed by atoms with Crippen LogP contribution in [0.3, 0.4) is 0 Å². The number of rotatable bonds is 15. The minimum absolute atomic E-state index is 0.0478. The average Bonchev–Trinajstić information content (AvgIpc) is 3.85. The highest BCUT2D eigenvalue weighted by molar-refractivity contribution is 7.14. The molecule has 2 atom stereocenters. The van der Waals surface area contributed by atoms with Crippen molar-refractivity contribution in [3.05, 3.63) is 35.3 Å². The first-order valence-electron chi connectivity index (χ1n) is 19.0. The SMILES string of the molecule is C[n+]1cc(-c2cc(C(=O)NC[C@H]3NC(=O)[C@H]3NC(=O)/C(=N\OC(C)(C)C(=O)OC(C)(C)C)c3csc(NC(=O)OC(C)(C)C)n3)on2)cn1CCCNC(=O)OC(C)(C)C. The third-order valence-electron chi connectivity index (χ3n) is 7.89. The Kier molecular flexibility index (Phi) is 14.4. The molecule has 3 aromatic heterocycles. The van der Waals surface area contributed by atoms with Crippen molar-refractivity contribution in [2.75, 3.05) is 18.4 Å². The lowest BCUT2D eigenvalue weighted by Gasteiger charge is -2.37. The zero-order valence-electron chi connectivity index (χ0n) is 35.9. The van der Waals surface area contributed by atoms with Crippen LogP contribution < -0.4 is 31.3 Å². The maximum Gasteiger partial charge on any atom is 0.413 e. The Morgan fingerprint density at radius 2 is 1.60 bits per heavy atom. The van der Waals surface area contributed by atoms with Crippen LogP contribution in [0, 0.1) is 0 Å². The number of aryl methyl sites for hydroxylation is 2. The van der Waals surface area contributed by atoms with Gasteiger partial charge in [-0.25, -0.2) is 19.4 Å². The average molecular weight is 860 g/mol. The van der Waals surface area contributed by atoms with Crippen LogP contribution in [0.2, 0.25) is 0 Å². The quantitative estimate of drug-likeness (QED) is 0.0281. The van der Waals surface area contributed by atoms with Crippen molar-refractivity contribution in [3.63, 3.8) is 0 Å². The summed E-state index contributed by atoms with van der Waals surface area (Å²) in [5, 5.41) is 22.6. The van der Waals surface area contributed by atoms with Gasteiger partial charge in [0.2, 0.25) is 23.5 Å². The molecule has 4 rings (SSSR count). The van der Waals surface area contributed by atoms with Crippen molar-refractivity contribution < 1.29 is 57.0 Å². The Bertz CT molecular complexity index is 2100. The lowest BCUT2D eigenvalue weighted by Crippen LogP contribution is -2.72. The second kappa shape index (κ2) is 18.5. The van der Waals surface area contributed by atoms with E-state index in [2.05, 4.69) is 41.9 Å². The number of amides is 5. The topological polar surface area (TPSA) is 260 Å². The number of carbonyl (C=O) groups is 6. The summed E-state index contributed by atoms with van der Waals surface area (Å²) < 4.78 is 25.0. The zero-order valence-corrected chi connectivity index (χ0v) is 36.7. The monoisotopic (exact) mass is 859 g/mol. The number of anilines is 1. The highest BCUT2D eigenvalue weighted by Crippen LogP contribution is 2.22. The molecule has 0 bridgehead atoms. The number of oxime groups is 1. The summed E-state index contributed by atoms with van der Waals surface area (Å²) >= 11 is 0.963. The van der Waals surface area contributed by atoms with Gasteiger partial charge in [-0.15, -0.1) is 16.0 Å². The van der Waals surface area contributed by atoms with E-state index in [1.807, 2.05) is 28.8 Å². The fourth-order valence-corrected chi connectivity index (χ4v) is 5.77. The van der Waals surface area contributed by atoms with E-state index in [4.69, 9.17) is 23.6 Å². The van der Waals surface area contributed by atoms with Crippen LogP contribution in [0.1, 0.15) is 98.8 Å². The fourth-order valence-electron chi connectivity index (χ4n) is 5.09. The van der Waals surface area contributed by atoms with Crippen LogP contribution in [0.25, 0.3) is 11.3 Å². The largest absolute Gasteiger partial charge is 0.457 e. The molecule has 5 N–H and O–H groups in total. The van der Waals surface area contributed by atoms with E-state index in [0.29, 0.717) is 30.8 Å². The van der Waals surface area contributed by atoms with Crippen molar-refractivity contribution in [1.82, 2.24) is 36.1 Å². The Morgan fingerprint density at radius 3 is 2.23 bits per heavy atom. The van der Waals surface area contributed by atoms with Crippen LogP contribution in [0.15, 0.2) is 33.5 Å². The Balaban J connectivity index is 1.39. The maximum absolute atomic E-state index is 13.7. The van der Waals surface area contributed by atoms with Crippen molar-refractivity contribution in [3.8, 4) is 11.3 Å². The first-order valence-corrected chi connectivity index (χ1v) is 19.9. The number of ether oxygens (including phenoxy) is 3. The van der Waals surface area contributed by atoms with Crippen LogP contribution in [-0.2, 0) is 47.0 Å². The molecule has 22 heteroatoms. The molecule has 1 aliphatic rings. The lowest BCUT2D eigenvalue weighted by molar-refractivity contribution is -0.753. The molecule has 1 saturated heterocycles. The third-order valence-corrected chi connectivity index (χ3v) is 8.65. The van der Waals surface area contributed by atoms with Gasteiger partial charge in [0.05, 0.1) is 24.3 Å². The van der Waals surface area contributed by atoms with E-state index >= 15 is 0 Å². The van der Waals surface area contributed by atoms with Crippen molar-refractivity contribution >= 4 is 58.1 Å². The van der Waals surface area contributed by atoms with Crippen molar-refractivity contribution in [2.24, 2.45) is 12.2 Å². The molecule has 4 heterocycles. The predicted molar refractivity (Wildman–Crippen MR) is 216 cm³/mol. The second-order valence-corrected chi connectivity index (χ2v) is 18.2. The molecule has 0 aromatic carbocycles. The van der Waals surface area contributed by atoms with Crippen LogP contribution in [0.5, 0.6) is 0 Å². The molecule has 0 unspecified atom stereocenters. The van der Waals surface area contributed by atoms with Gasteiger partial charge in [0, 0.05) is 24.5 Å². The van der Waals surface area contributed by atoms with Crippen molar-refractivity contribution in [1.29, 1.82) is 0 Å². The Morgan fingerprint density at radius 1 is 0.950 bits per heavy atom. The van der Waals surface area contributed by atoms with Gasteiger partial charge in [-0.2, -0.15) is 4.68 Å². The maximum atomic E-state index is 13.7. The van der Waals surface area contributed by atoms with E-state index in [-0.39, 0.29) is 23.1 Å². The summed E-state index contributed by atoms with van der Waals surface area (Å²) in [6, 6.07) is -0.394. The third kappa shape index (κ3) is 13.8. The number of carbonyl (C=O) groups excluding carboxylic acids is 6. The molecule has 21 nitrogen and oxygen atoms in total. The van der Waals surface area contributed by atoms with E-state index in [0.717, 1.165) is 11.3 Å². The first kappa shape index (κ1) is 46.6. The minimum atomic E-state index is -1.66. The number of nitrogens with one attached hydrogen (secondary N) is 5. The number of hydrogen-bond donors (Lipinski definition) is 5. The summed E-state index contributed by atoms with van der Waals surface area (Å²) in [4.78, 5) is 86.5. The minimum Gasteiger partial charge on any atom is -0.457 e. The molecular formula is C38H55N10O11S+. The van der Waals surface area contributed by atoms with E-state index in [1.54, 1.807) is 62.3 Å². The molecule has 60 heavy (non-hydrogen) atoms. The van der Waals surface area contributed by atoms with Gasteiger partial charge in [0.25, 0.3) is 11.8 Å². The summed E-state index contributed by atoms with van der Waals surface area (Å²) in [5.41, 5.74) is -3.26. The van der Waals surface area contributed by atoms with E-state index in [1.165, 1.54) is 25.3 Å². The standard InChI is InChI=1S/C38H54N10O11S/c1-35(2,3)55-31(52)38(10,11)59-46-27(24-20-60-32(42-24)44-34(54)57-37(7,8)9)30(51)43-26-23(41-29(26)50)17-40-28(49)25-16-22(45-58-25)21-18-47(12)48(19-21)15-13-14-39-33(53)56-36(4,5)6/h16,18-20,23,26H,13-15,17H2,1-12H3,(H4-,39,40,41,42,43,44,49,50,51,53,54)/p+1/b46-27-/t23-,26+/m1/s1. The molecule has 0 aliphatic carbocycles. The van der Waals surface area contributed by atoms with Crippen molar-refractivity contribution in [2.45, 2.75) is 124 Å². The van der Waals surface area contributed by atoms with Gasteiger partial charge in [-0.3, -0.25) is 19.7 Å². The van der Waals surface area contributed by atoms with Gasteiger partial charge in [-0.1, -0.05) is 10.3 Å². The van der Waals surface area contributed by atoms with Crippen LogP contribution >= 0.6 is 11.3 Å². The molecular weight excluding hydrogens is 805 g/mol. The van der Waals surface area contributed by atoms with Gasteiger partial charge in [0.15, 0.2) is 17.9 Å². The Labute approximate surface area is 351 Å². The summed E-state index contributed by atoms with van der Waals surface area (Å²) in [5.74, 6) is -2.91. The second-order valence-electron chi connectivity index (χ2n) is 17.3. The Hall–Kier alpha value is -6.06. The van der Waals surface area contributed by atoms with E-state index < -0.39 is 76.1 Å².